The van der Waals surface area contributed by atoms with Crippen molar-refractivity contribution >= 4 is 44.8 Å². The molecule has 8 heteroatoms. The minimum absolute atomic E-state index is 0.0283. The first-order valence-corrected chi connectivity index (χ1v) is 9.43. The van der Waals surface area contributed by atoms with E-state index in [1.807, 2.05) is 6.92 Å². The van der Waals surface area contributed by atoms with Crippen LogP contribution < -0.4 is 10.0 Å². The van der Waals surface area contributed by atoms with E-state index in [1.54, 1.807) is 0 Å². The van der Waals surface area contributed by atoms with Crippen LogP contribution in [0.1, 0.15) is 23.7 Å². The van der Waals surface area contributed by atoms with Crippen molar-refractivity contribution in [1.82, 2.24) is 5.32 Å². The van der Waals surface area contributed by atoms with E-state index in [-0.39, 0.29) is 21.5 Å². The van der Waals surface area contributed by atoms with Crippen LogP contribution in [0.2, 0.25) is 10.0 Å². The van der Waals surface area contributed by atoms with Crippen molar-refractivity contribution in [3.8, 4) is 0 Å². The van der Waals surface area contributed by atoms with E-state index in [2.05, 4.69) is 10.0 Å². The average Bonchev–Trinajstić information content (AvgIpc) is 2.55. The third kappa shape index (κ3) is 4.63. The van der Waals surface area contributed by atoms with E-state index in [1.165, 1.54) is 42.5 Å². The first-order valence-electron chi connectivity index (χ1n) is 7.19. The van der Waals surface area contributed by atoms with Crippen LogP contribution in [0.3, 0.4) is 0 Å². The van der Waals surface area contributed by atoms with Gasteiger partial charge >= 0.3 is 0 Å². The number of rotatable bonds is 6. The van der Waals surface area contributed by atoms with Gasteiger partial charge in [-0.05, 0) is 48.9 Å². The Bertz CT molecular complexity index is 837. The van der Waals surface area contributed by atoms with Gasteiger partial charge in [0, 0.05) is 17.1 Å². The zero-order valence-corrected chi connectivity index (χ0v) is 15.2. The number of hydrogen-bond donors (Lipinski definition) is 2. The highest BCUT2D eigenvalue weighted by Crippen LogP contribution is 2.27. The third-order valence-corrected chi connectivity index (χ3v) is 5.07. The molecule has 0 aromatic heterocycles. The van der Waals surface area contributed by atoms with Gasteiger partial charge in [0.1, 0.15) is 0 Å². The number of amides is 1. The molecule has 1 amide bonds. The Balaban J connectivity index is 2.19. The smallest absolute Gasteiger partial charge is 0.261 e. The minimum Gasteiger partial charge on any atom is -0.352 e. The van der Waals surface area contributed by atoms with Crippen LogP contribution in [0.15, 0.2) is 47.4 Å². The number of carbonyl (C=O) groups is 1. The summed E-state index contributed by atoms with van der Waals surface area (Å²) in [4.78, 5) is 11.9. The Kier molecular flexibility index (Phi) is 6.10. The molecule has 24 heavy (non-hydrogen) atoms. The lowest BCUT2D eigenvalue weighted by Crippen LogP contribution is -2.24. The molecule has 0 aliphatic heterocycles. The monoisotopic (exact) mass is 386 g/mol. The van der Waals surface area contributed by atoms with Gasteiger partial charge < -0.3 is 5.32 Å². The molecule has 0 spiro atoms. The van der Waals surface area contributed by atoms with Gasteiger partial charge in [-0.15, -0.1) is 0 Å². The summed E-state index contributed by atoms with van der Waals surface area (Å²) in [6, 6.07) is 10.1. The van der Waals surface area contributed by atoms with Gasteiger partial charge in [0.05, 0.1) is 15.6 Å². The molecular formula is C16H16Cl2N2O3S. The molecule has 2 N–H and O–H groups in total. The predicted octanol–water partition coefficient (Wildman–Crippen LogP) is 3.93. The SMILES string of the molecule is CCCNC(=O)c1ccc(S(=O)(=O)Nc2ccc(Cl)cc2Cl)cc1. The molecule has 0 heterocycles. The topological polar surface area (TPSA) is 75.3 Å². The van der Waals surface area contributed by atoms with E-state index in [9.17, 15) is 13.2 Å². The van der Waals surface area contributed by atoms with Crippen LogP contribution >= 0.6 is 23.2 Å². The van der Waals surface area contributed by atoms with Crippen LogP contribution in [0.5, 0.6) is 0 Å². The summed E-state index contributed by atoms with van der Waals surface area (Å²) in [6.07, 6.45) is 0.823. The largest absolute Gasteiger partial charge is 0.352 e. The molecular weight excluding hydrogens is 371 g/mol. The van der Waals surface area contributed by atoms with Crippen LogP contribution in [-0.2, 0) is 10.0 Å². The van der Waals surface area contributed by atoms with Crippen molar-refractivity contribution in [3.63, 3.8) is 0 Å². The maximum absolute atomic E-state index is 12.4. The van der Waals surface area contributed by atoms with E-state index >= 15 is 0 Å². The van der Waals surface area contributed by atoms with Crippen LogP contribution in [-0.4, -0.2) is 20.9 Å². The first kappa shape index (κ1) is 18.6. The van der Waals surface area contributed by atoms with Gasteiger partial charge in [-0.25, -0.2) is 8.42 Å². The van der Waals surface area contributed by atoms with Crippen LogP contribution in [0.25, 0.3) is 0 Å². The fourth-order valence-corrected chi connectivity index (χ4v) is 3.49. The Morgan fingerprint density at radius 3 is 2.33 bits per heavy atom. The van der Waals surface area contributed by atoms with Gasteiger partial charge in [-0.2, -0.15) is 0 Å². The fraction of sp³-hybridized carbons (Fsp3) is 0.188. The third-order valence-electron chi connectivity index (χ3n) is 3.14. The zero-order valence-electron chi connectivity index (χ0n) is 12.8. The summed E-state index contributed by atoms with van der Waals surface area (Å²) in [5, 5.41) is 3.33. The standard InChI is InChI=1S/C16H16Cl2N2O3S/c1-2-9-19-16(21)11-3-6-13(7-4-11)24(22,23)20-15-8-5-12(17)10-14(15)18/h3-8,10,20H,2,9H2,1H3,(H,19,21). The highest BCUT2D eigenvalue weighted by molar-refractivity contribution is 7.92. The van der Waals surface area contributed by atoms with E-state index < -0.39 is 10.0 Å². The van der Waals surface area contributed by atoms with Crippen LogP contribution in [0, 0.1) is 0 Å². The average molecular weight is 387 g/mol. The second-order valence-electron chi connectivity index (χ2n) is 5.01. The molecule has 5 nitrogen and oxygen atoms in total. The number of hydrogen-bond acceptors (Lipinski definition) is 3. The van der Waals surface area contributed by atoms with Crippen molar-refractivity contribution in [2.24, 2.45) is 0 Å². The quantitative estimate of drug-likeness (QED) is 0.789. The Labute approximate surface area is 151 Å². The Morgan fingerprint density at radius 2 is 1.75 bits per heavy atom. The number of anilines is 1. The lowest BCUT2D eigenvalue weighted by molar-refractivity contribution is 0.0953. The maximum atomic E-state index is 12.4. The molecule has 0 atom stereocenters. The van der Waals surface area contributed by atoms with Crippen molar-refractivity contribution in [2.75, 3.05) is 11.3 Å². The van der Waals surface area contributed by atoms with E-state index in [0.29, 0.717) is 17.1 Å². The number of sulfonamides is 1. The van der Waals surface area contributed by atoms with Gasteiger partial charge in [0.25, 0.3) is 15.9 Å². The number of benzene rings is 2. The molecule has 2 rings (SSSR count). The fourth-order valence-electron chi connectivity index (χ4n) is 1.90. The number of carbonyl (C=O) groups excluding carboxylic acids is 1. The van der Waals surface area contributed by atoms with E-state index in [0.717, 1.165) is 6.42 Å². The zero-order chi connectivity index (χ0) is 17.7. The lowest BCUT2D eigenvalue weighted by Gasteiger charge is -2.10. The highest BCUT2D eigenvalue weighted by Gasteiger charge is 2.16. The summed E-state index contributed by atoms with van der Waals surface area (Å²) in [6.45, 7) is 2.51. The van der Waals surface area contributed by atoms with Crippen molar-refractivity contribution in [1.29, 1.82) is 0 Å². The molecule has 128 valence electrons. The number of halogens is 2. The second kappa shape index (κ2) is 7.88. The van der Waals surface area contributed by atoms with Crippen molar-refractivity contribution in [2.45, 2.75) is 18.2 Å². The van der Waals surface area contributed by atoms with Crippen molar-refractivity contribution in [3.05, 3.63) is 58.1 Å². The maximum Gasteiger partial charge on any atom is 0.261 e. The van der Waals surface area contributed by atoms with Gasteiger partial charge in [0.15, 0.2) is 0 Å². The lowest BCUT2D eigenvalue weighted by atomic mass is 10.2. The molecule has 0 bridgehead atoms. The molecule has 2 aromatic carbocycles. The Hall–Kier alpha value is -1.76. The summed E-state index contributed by atoms with van der Waals surface area (Å²) in [5.41, 5.74) is 0.623. The molecule has 0 aliphatic carbocycles. The molecule has 0 saturated carbocycles. The van der Waals surface area contributed by atoms with Crippen molar-refractivity contribution < 1.29 is 13.2 Å². The first-order chi connectivity index (χ1) is 11.3. The predicted molar refractivity (Wildman–Crippen MR) is 96.3 cm³/mol. The molecule has 0 aliphatic rings. The normalized spacial score (nSPS) is 11.1. The molecule has 0 fully saturated rings. The van der Waals surface area contributed by atoms with Crippen LogP contribution in [0.4, 0.5) is 5.69 Å². The van der Waals surface area contributed by atoms with E-state index in [4.69, 9.17) is 23.2 Å². The molecule has 0 saturated heterocycles. The van der Waals surface area contributed by atoms with Gasteiger partial charge in [0.2, 0.25) is 0 Å². The highest BCUT2D eigenvalue weighted by atomic mass is 35.5. The Morgan fingerprint density at radius 1 is 1.08 bits per heavy atom. The summed E-state index contributed by atoms with van der Waals surface area (Å²) < 4.78 is 27.2. The van der Waals surface area contributed by atoms with Gasteiger partial charge in [-0.1, -0.05) is 30.1 Å². The molecule has 0 unspecified atom stereocenters. The summed E-state index contributed by atoms with van der Waals surface area (Å²) in [7, 11) is -3.82. The van der Waals surface area contributed by atoms with Gasteiger partial charge in [-0.3, -0.25) is 9.52 Å². The summed E-state index contributed by atoms with van der Waals surface area (Å²) in [5.74, 6) is -0.241. The molecule has 2 aromatic rings. The molecule has 0 radical (unpaired) electrons. The number of nitrogens with one attached hydrogen (secondary N) is 2. The second-order valence-corrected chi connectivity index (χ2v) is 7.54. The summed E-state index contributed by atoms with van der Waals surface area (Å²) >= 11 is 11.8. The minimum atomic E-state index is -3.82.